The van der Waals surface area contributed by atoms with Gasteiger partial charge in [0.2, 0.25) is 5.91 Å². The van der Waals surface area contributed by atoms with E-state index in [1.165, 1.54) is 6.92 Å². The van der Waals surface area contributed by atoms with Gasteiger partial charge >= 0.3 is 5.97 Å². The molecule has 4 N–H and O–H groups in total. The molecule has 136 valence electrons. The van der Waals surface area contributed by atoms with Crippen LogP contribution in [-0.2, 0) is 14.3 Å². The molecule has 0 aromatic carbocycles. The van der Waals surface area contributed by atoms with Crippen LogP contribution in [0.5, 0.6) is 0 Å². The van der Waals surface area contributed by atoms with Crippen molar-refractivity contribution >= 4 is 11.9 Å². The summed E-state index contributed by atoms with van der Waals surface area (Å²) < 4.78 is 5.55. The Morgan fingerprint density at radius 1 is 1.50 bits per heavy atom. The standard InChI is InChI=1S/C17H29N3O4/c1-3-24-10-12-5-4-6-20(9-12)15-8-13(17(22)23)7-14(18)16(15)19-11(2)21/h8,12,14-16H,3-7,9-10,18H2,1-2H3,(H,19,21)(H,22,23)/t12-,14-,15+,16+/m0/s1. The first-order chi connectivity index (χ1) is 11.4. The van der Waals surface area contributed by atoms with Crippen molar-refractivity contribution in [2.75, 3.05) is 26.3 Å². The van der Waals surface area contributed by atoms with Crippen molar-refractivity contribution in [3.8, 4) is 0 Å². The van der Waals surface area contributed by atoms with E-state index >= 15 is 0 Å². The number of likely N-dealkylation sites (tertiary alicyclic amines) is 1. The highest BCUT2D eigenvalue weighted by atomic mass is 16.5. The maximum absolute atomic E-state index is 11.6. The van der Waals surface area contributed by atoms with Gasteiger partial charge in [-0.2, -0.15) is 0 Å². The van der Waals surface area contributed by atoms with Crippen LogP contribution in [-0.4, -0.2) is 66.3 Å². The molecule has 7 heteroatoms. The Bertz CT molecular complexity index is 494. The molecule has 1 aliphatic carbocycles. The fourth-order valence-corrected chi connectivity index (χ4v) is 3.72. The number of carboxylic acids is 1. The lowest BCUT2D eigenvalue weighted by Gasteiger charge is -2.44. The van der Waals surface area contributed by atoms with Gasteiger partial charge in [0.1, 0.15) is 0 Å². The number of hydrogen-bond donors (Lipinski definition) is 3. The molecule has 4 atom stereocenters. The zero-order valence-electron chi connectivity index (χ0n) is 14.5. The van der Waals surface area contributed by atoms with Gasteiger partial charge in [0.25, 0.3) is 0 Å². The lowest BCUT2D eigenvalue weighted by Crippen LogP contribution is -2.62. The molecule has 2 rings (SSSR count). The van der Waals surface area contributed by atoms with Crippen molar-refractivity contribution in [2.45, 2.75) is 51.2 Å². The molecule has 1 aliphatic heterocycles. The minimum atomic E-state index is -0.931. The van der Waals surface area contributed by atoms with Gasteiger partial charge in [-0.25, -0.2) is 4.79 Å². The molecule has 1 amide bonds. The highest BCUT2D eigenvalue weighted by Crippen LogP contribution is 2.27. The van der Waals surface area contributed by atoms with Crippen molar-refractivity contribution in [1.29, 1.82) is 0 Å². The zero-order valence-corrected chi connectivity index (χ0v) is 14.5. The first-order valence-corrected chi connectivity index (χ1v) is 8.70. The number of nitrogens with zero attached hydrogens (tertiary/aromatic N) is 1. The van der Waals surface area contributed by atoms with Gasteiger partial charge in [0, 0.05) is 31.7 Å². The lowest BCUT2D eigenvalue weighted by molar-refractivity contribution is -0.133. The zero-order chi connectivity index (χ0) is 17.7. The molecule has 0 unspecified atom stereocenters. The maximum Gasteiger partial charge on any atom is 0.331 e. The summed E-state index contributed by atoms with van der Waals surface area (Å²) in [5.41, 5.74) is 6.53. The summed E-state index contributed by atoms with van der Waals surface area (Å²) in [7, 11) is 0. The number of carbonyl (C=O) groups is 2. The molecule has 0 radical (unpaired) electrons. The molecule has 0 aromatic heterocycles. The highest BCUT2D eigenvalue weighted by Gasteiger charge is 2.38. The van der Waals surface area contributed by atoms with Crippen molar-refractivity contribution < 1.29 is 19.4 Å². The first kappa shape index (κ1) is 18.9. The fourth-order valence-electron chi connectivity index (χ4n) is 3.72. The topological polar surface area (TPSA) is 105 Å². The number of amides is 1. The van der Waals surface area contributed by atoms with Crippen molar-refractivity contribution in [3.63, 3.8) is 0 Å². The van der Waals surface area contributed by atoms with E-state index in [9.17, 15) is 14.7 Å². The average Bonchev–Trinajstić information content (AvgIpc) is 2.54. The van der Waals surface area contributed by atoms with E-state index in [-0.39, 0.29) is 24.4 Å². The largest absolute Gasteiger partial charge is 0.478 e. The molecule has 0 saturated carbocycles. The first-order valence-electron chi connectivity index (χ1n) is 8.70. The third-order valence-electron chi connectivity index (χ3n) is 4.83. The van der Waals surface area contributed by atoms with E-state index in [0.29, 0.717) is 24.7 Å². The maximum atomic E-state index is 11.6. The summed E-state index contributed by atoms with van der Waals surface area (Å²) in [6.45, 7) is 6.56. The Balaban J connectivity index is 2.18. The summed E-state index contributed by atoms with van der Waals surface area (Å²) in [6, 6.07) is -0.855. The second kappa shape index (κ2) is 8.60. The summed E-state index contributed by atoms with van der Waals surface area (Å²) in [6.07, 6.45) is 4.18. The van der Waals surface area contributed by atoms with Gasteiger partial charge in [0.15, 0.2) is 0 Å². The Morgan fingerprint density at radius 2 is 2.25 bits per heavy atom. The van der Waals surface area contributed by atoms with E-state index in [2.05, 4.69) is 10.2 Å². The summed E-state index contributed by atoms with van der Waals surface area (Å²) in [4.78, 5) is 25.2. The third kappa shape index (κ3) is 4.78. The molecule has 1 heterocycles. The van der Waals surface area contributed by atoms with Crippen LogP contribution in [0.2, 0.25) is 0 Å². The number of carbonyl (C=O) groups excluding carboxylic acids is 1. The molecule has 2 aliphatic rings. The Morgan fingerprint density at radius 3 is 2.88 bits per heavy atom. The van der Waals surface area contributed by atoms with Crippen molar-refractivity contribution in [2.24, 2.45) is 11.7 Å². The van der Waals surface area contributed by atoms with E-state index in [4.69, 9.17) is 10.5 Å². The summed E-state index contributed by atoms with van der Waals surface area (Å²) in [5, 5.41) is 12.3. The number of hydrogen-bond acceptors (Lipinski definition) is 5. The molecule has 24 heavy (non-hydrogen) atoms. The van der Waals surface area contributed by atoms with Crippen LogP contribution >= 0.6 is 0 Å². The monoisotopic (exact) mass is 339 g/mol. The number of ether oxygens (including phenoxy) is 1. The fraction of sp³-hybridized carbons (Fsp3) is 0.765. The second-order valence-electron chi connectivity index (χ2n) is 6.74. The molecule has 1 fully saturated rings. The average molecular weight is 339 g/mol. The van der Waals surface area contributed by atoms with E-state index in [1.807, 2.05) is 6.92 Å². The van der Waals surface area contributed by atoms with Gasteiger partial charge in [-0.1, -0.05) is 6.08 Å². The Hall–Kier alpha value is -1.44. The predicted octanol–water partition coefficient (Wildman–Crippen LogP) is 0.350. The van der Waals surface area contributed by atoms with Crippen LogP contribution in [0.4, 0.5) is 0 Å². The van der Waals surface area contributed by atoms with Crippen LogP contribution in [0.1, 0.15) is 33.1 Å². The number of piperidine rings is 1. The van der Waals surface area contributed by atoms with Crippen LogP contribution in [0.15, 0.2) is 11.6 Å². The summed E-state index contributed by atoms with van der Waals surface area (Å²) >= 11 is 0. The van der Waals surface area contributed by atoms with Gasteiger partial charge in [-0.05, 0) is 38.6 Å². The van der Waals surface area contributed by atoms with Gasteiger partial charge < -0.3 is 20.9 Å². The van der Waals surface area contributed by atoms with Crippen molar-refractivity contribution in [1.82, 2.24) is 10.2 Å². The minimum absolute atomic E-state index is 0.143. The van der Waals surface area contributed by atoms with E-state index in [1.54, 1.807) is 6.08 Å². The molecule has 0 aromatic rings. The summed E-state index contributed by atoms with van der Waals surface area (Å²) in [5.74, 6) is -0.647. The SMILES string of the molecule is CCOC[C@H]1CCCN([C@@H]2C=C(C(=O)O)C[C@H](N)[C@H]2NC(C)=O)C1. The Labute approximate surface area is 143 Å². The molecule has 0 bridgehead atoms. The minimum Gasteiger partial charge on any atom is -0.478 e. The smallest absolute Gasteiger partial charge is 0.331 e. The van der Waals surface area contributed by atoms with Crippen LogP contribution < -0.4 is 11.1 Å². The highest BCUT2D eigenvalue weighted by molar-refractivity contribution is 5.87. The lowest BCUT2D eigenvalue weighted by atomic mass is 9.84. The number of aliphatic carboxylic acids is 1. The van der Waals surface area contributed by atoms with Crippen LogP contribution in [0.3, 0.4) is 0 Å². The van der Waals surface area contributed by atoms with E-state index in [0.717, 1.165) is 25.9 Å². The molecule has 7 nitrogen and oxygen atoms in total. The van der Waals surface area contributed by atoms with E-state index < -0.39 is 12.0 Å². The predicted molar refractivity (Wildman–Crippen MR) is 90.5 cm³/mol. The van der Waals surface area contributed by atoms with Gasteiger partial charge in [-0.15, -0.1) is 0 Å². The van der Waals surface area contributed by atoms with Crippen LogP contribution in [0, 0.1) is 5.92 Å². The molecule has 1 saturated heterocycles. The molecular formula is C17H29N3O4. The Kier molecular flexibility index (Phi) is 6.77. The number of carboxylic acid groups (broad SMARTS) is 1. The van der Waals surface area contributed by atoms with Crippen molar-refractivity contribution in [3.05, 3.63) is 11.6 Å². The van der Waals surface area contributed by atoms with Gasteiger partial charge in [0.05, 0.1) is 18.7 Å². The second-order valence-corrected chi connectivity index (χ2v) is 6.74. The third-order valence-corrected chi connectivity index (χ3v) is 4.83. The quantitative estimate of drug-likeness (QED) is 0.645. The van der Waals surface area contributed by atoms with Gasteiger partial charge in [-0.3, -0.25) is 9.69 Å². The number of rotatable bonds is 6. The number of nitrogens with two attached hydrogens (primary N) is 1. The van der Waals surface area contributed by atoms with Crippen LogP contribution in [0.25, 0.3) is 0 Å². The molecular weight excluding hydrogens is 310 g/mol. The number of nitrogens with one attached hydrogen (secondary N) is 1. The normalized spacial score (nSPS) is 31.4. The molecule has 0 spiro atoms.